The van der Waals surface area contributed by atoms with Crippen molar-refractivity contribution in [2.45, 2.75) is 19.4 Å². The third kappa shape index (κ3) is 2.42. The van der Waals surface area contributed by atoms with E-state index in [1.54, 1.807) is 6.07 Å². The molecule has 4 heteroatoms. The van der Waals surface area contributed by atoms with Crippen LogP contribution in [0, 0.1) is 12.7 Å². The second-order valence-corrected chi connectivity index (χ2v) is 4.89. The molecule has 0 aliphatic rings. The Morgan fingerprint density at radius 1 is 1.25 bits per heavy atom. The highest BCUT2D eigenvalue weighted by atomic mass is 19.1. The molecule has 0 radical (unpaired) electrons. The lowest BCUT2D eigenvalue weighted by Crippen LogP contribution is -2.15. The Morgan fingerprint density at radius 2 is 2.05 bits per heavy atom. The number of oxazole rings is 1. The smallest absolute Gasteiger partial charge is 0.197 e. The van der Waals surface area contributed by atoms with E-state index < -0.39 is 0 Å². The van der Waals surface area contributed by atoms with E-state index in [4.69, 9.17) is 10.2 Å². The molecule has 1 atom stereocenters. The van der Waals surface area contributed by atoms with Crippen LogP contribution in [-0.2, 0) is 6.42 Å². The summed E-state index contributed by atoms with van der Waals surface area (Å²) in [7, 11) is 0. The summed E-state index contributed by atoms with van der Waals surface area (Å²) < 4.78 is 19.0. The molecule has 1 heterocycles. The summed E-state index contributed by atoms with van der Waals surface area (Å²) in [5.41, 5.74) is 9.46. The predicted molar refractivity (Wildman–Crippen MR) is 75.8 cm³/mol. The van der Waals surface area contributed by atoms with Gasteiger partial charge in [0, 0.05) is 12.5 Å². The number of para-hydroxylation sites is 2. The normalized spacial score (nSPS) is 12.8. The molecule has 0 amide bonds. The molecule has 20 heavy (non-hydrogen) atoms. The molecule has 0 spiro atoms. The van der Waals surface area contributed by atoms with E-state index in [0.29, 0.717) is 12.3 Å². The van der Waals surface area contributed by atoms with Gasteiger partial charge in [0.2, 0.25) is 0 Å². The van der Waals surface area contributed by atoms with Crippen LogP contribution < -0.4 is 5.73 Å². The van der Waals surface area contributed by atoms with Crippen molar-refractivity contribution < 1.29 is 8.81 Å². The molecule has 0 saturated heterocycles. The quantitative estimate of drug-likeness (QED) is 0.792. The summed E-state index contributed by atoms with van der Waals surface area (Å²) in [4.78, 5) is 4.39. The summed E-state index contributed by atoms with van der Waals surface area (Å²) in [6.07, 6.45) is 0.443. The lowest BCUT2D eigenvalue weighted by molar-refractivity contribution is 0.500. The standard InChI is InChI=1S/C16H15FN2O/c1-10-6-7-11(17)8-12(10)13(18)9-16-19-14-4-2-3-5-15(14)20-16/h2-8,13H,9,18H2,1H3. The zero-order valence-electron chi connectivity index (χ0n) is 11.1. The number of nitrogens with zero attached hydrogens (tertiary/aromatic N) is 1. The fraction of sp³-hybridized carbons (Fsp3) is 0.188. The number of hydrogen-bond acceptors (Lipinski definition) is 3. The number of rotatable bonds is 3. The van der Waals surface area contributed by atoms with Crippen molar-refractivity contribution in [1.82, 2.24) is 4.98 Å². The second-order valence-electron chi connectivity index (χ2n) is 4.89. The van der Waals surface area contributed by atoms with Gasteiger partial charge in [-0.3, -0.25) is 0 Å². The van der Waals surface area contributed by atoms with Crippen LogP contribution in [-0.4, -0.2) is 4.98 Å². The van der Waals surface area contributed by atoms with Crippen LogP contribution in [0.5, 0.6) is 0 Å². The maximum atomic E-state index is 13.3. The zero-order valence-corrected chi connectivity index (χ0v) is 11.1. The van der Waals surface area contributed by atoms with Gasteiger partial charge in [-0.1, -0.05) is 18.2 Å². The van der Waals surface area contributed by atoms with Gasteiger partial charge in [-0.05, 0) is 42.3 Å². The van der Waals surface area contributed by atoms with Crippen LogP contribution in [0.25, 0.3) is 11.1 Å². The van der Waals surface area contributed by atoms with E-state index >= 15 is 0 Å². The molecule has 3 aromatic rings. The highest BCUT2D eigenvalue weighted by Gasteiger charge is 2.14. The molecule has 0 saturated carbocycles. The van der Waals surface area contributed by atoms with Crippen LogP contribution in [0.3, 0.4) is 0 Å². The molecule has 3 nitrogen and oxygen atoms in total. The van der Waals surface area contributed by atoms with Gasteiger partial charge < -0.3 is 10.2 Å². The maximum absolute atomic E-state index is 13.3. The number of aromatic nitrogens is 1. The summed E-state index contributed by atoms with van der Waals surface area (Å²) in [6, 6.07) is 11.9. The third-order valence-corrected chi connectivity index (χ3v) is 3.37. The van der Waals surface area contributed by atoms with E-state index in [9.17, 15) is 4.39 Å². The van der Waals surface area contributed by atoms with Gasteiger partial charge in [0.1, 0.15) is 11.3 Å². The van der Waals surface area contributed by atoms with Gasteiger partial charge in [-0.25, -0.2) is 9.37 Å². The maximum Gasteiger partial charge on any atom is 0.197 e. The van der Waals surface area contributed by atoms with E-state index in [2.05, 4.69) is 4.98 Å². The SMILES string of the molecule is Cc1ccc(F)cc1C(N)Cc1nc2ccccc2o1. The Bertz CT molecular complexity index is 718. The number of benzene rings is 2. The van der Waals surface area contributed by atoms with Gasteiger partial charge in [0.25, 0.3) is 0 Å². The van der Waals surface area contributed by atoms with E-state index in [0.717, 1.165) is 22.2 Å². The Balaban J connectivity index is 1.88. The molecule has 2 N–H and O–H groups in total. The highest BCUT2D eigenvalue weighted by Crippen LogP contribution is 2.22. The number of halogens is 1. The number of aryl methyl sites for hydroxylation is 1. The first-order valence-corrected chi connectivity index (χ1v) is 6.49. The fourth-order valence-corrected chi connectivity index (χ4v) is 2.32. The minimum Gasteiger partial charge on any atom is -0.441 e. The zero-order chi connectivity index (χ0) is 14.1. The molecule has 2 aromatic carbocycles. The average Bonchev–Trinajstić information content (AvgIpc) is 2.83. The van der Waals surface area contributed by atoms with Gasteiger partial charge >= 0.3 is 0 Å². The summed E-state index contributed by atoms with van der Waals surface area (Å²) in [6.45, 7) is 1.92. The molecule has 1 unspecified atom stereocenters. The molecule has 3 rings (SSSR count). The molecule has 0 aliphatic heterocycles. The number of nitrogens with two attached hydrogens (primary N) is 1. The number of fused-ring (bicyclic) bond motifs is 1. The minimum absolute atomic E-state index is 0.279. The van der Waals surface area contributed by atoms with Crippen molar-refractivity contribution in [3.8, 4) is 0 Å². The molecule has 0 aliphatic carbocycles. The molecular formula is C16H15FN2O. The van der Waals surface area contributed by atoms with Crippen molar-refractivity contribution in [2.24, 2.45) is 5.73 Å². The van der Waals surface area contributed by atoms with Crippen molar-refractivity contribution >= 4 is 11.1 Å². The first-order chi connectivity index (χ1) is 9.63. The van der Waals surface area contributed by atoms with Crippen molar-refractivity contribution in [1.29, 1.82) is 0 Å². The number of hydrogen-bond donors (Lipinski definition) is 1. The van der Waals surface area contributed by atoms with Gasteiger partial charge in [-0.2, -0.15) is 0 Å². The molecule has 1 aromatic heterocycles. The largest absolute Gasteiger partial charge is 0.441 e. The lowest BCUT2D eigenvalue weighted by atomic mass is 9.99. The summed E-state index contributed by atoms with van der Waals surface area (Å²) in [5, 5.41) is 0. The minimum atomic E-state index is -0.334. The monoisotopic (exact) mass is 270 g/mol. The fourth-order valence-electron chi connectivity index (χ4n) is 2.32. The summed E-state index contributed by atoms with van der Waals surface area (Å²) >= 11 is 0. The van der Waals surface area contributed by atoms with Crippen LogP contribution in [0.1, 0.15) is 23.1 Å². The van der Waals surface area contributed by atoms with Crippen LogP contribution in [0.4, 0.5) is 4.39 Å². The average molecular weight is 270 g/mol. The molecule has 0 fully saturated rings. The summed E-state index contributed by atoms with van der Waals surface area (Å²) in [5.74, 6) is 0.293. The Labute approximate surface area is 116 Å². The van der Waals surface area contributed by atoms with Gasteiger partial charge in [-0.15, -0.1) is 0 Å². The Kier molecular flexibility index (Phi) is 3.24. The Morgan fingerprint density at radius 3 is 2.85 bits per heavy atom. The topological polar surface area (TPSA) is 52.0 Å². The highest BCUT2D eigenvalue weighted by molar-refractivity contribution is 5.72. The van der Waals surface area contributed by atoms with Crippen LogP contribution in [0.15, 0.2) is 46.9 Å². The molecule has 0 bridgehead atoms. The first-order valence-electron chi connectivity index (χ1n) is 6.49. The first kappa shape index (κ1) is 12.8. The molecule has 102 valence electrons. The Hall–Kier alpha value is -2.20. The van der Waals surface area contributed by atoms with Crippen LogP contribution >= 0.6 is 0 Å². The van der Waals surface area contributed by atoms with Crippen LogP contribution in [0.2, 0.25) is 0 Å². The van der Waals surface area contributed by atoms with Crippen molar-refractivity contribution in [2.75, 3.05) is 0 Å². The van der Waals surface area contributed by atoms with Gasteiger partial charge in [0.05, 0.1) is 0 Å². The molecular weight excluding hydrogens is 255 g/mol. The van der Waals surface area contributed by atoms with E-state index in [1.807, 2.05) is 31.2 Å². The lowest BCUT2D eigenvalue weighted by Gasteiger charge is -2.12. The van der Waals surface area contributed by atoms with Gasteiger partial charge in [0.15, 0.2) is 11.5 Å². The van der Waals surface area contributed by atoms with Crippen molar-refractivity contribution in [3.63, 3.8) is 0 Å². The van der Waals surface area contributed by atoms with E-state index in [-0.39, 0.29) is 11.9 Å². The van der Waals surface area contributed by atoms with E-state index in [1.165, 1.54) is 12.1 Å². The van der Waals surface area contributed by atoms with Crippen molar-refractivity contribution in [3.05, 3.63) is 65.3 Å². The third-order valence-electron chi connectivity index (χ3n) is 3.37. The predicted octanol–water partition coefficient (Wildman–Crippen LogP) is 3.52. The second kappa shape index (κ2) is 5.06.